The summed E-state index contributed by atoms with van der Waals surface area (Å²) in [5, 5.41) is 6.83. The Morgan fingerprint density at radius 1 is 1.30 bits per heavy atom. The van der Waals surface area contributed by atoms with E-state index in [4.69, 9.17) is 11.6 Å². The first kappa shape index (κ1) is 15.3. The molecule has 20 heavy (non-hydrogen) atoms. The summed E-state index contributed by atoms with van der Waals surface area (Å²) in [6.45, 7) is 2.58. The number of halogens is 1. The number of para-hydroxylation sites is 1. The van der Waals surface area contributed by atoms with Crippen LogP contribution < -0.4 is 10.6 Å². The van der Waals surface area contributed by atoms with Crippen molar-refractivity contribution in [3.8, 4) is 0 Å². The maximum atomic E-state index is 12.0. The molecule has 2 unspecified atom stereocenters. The highest BCUT2D eigenvalue weighted by Crippen LogP contribution is 2.26. The summed E-state index contributed by atoms with van der Waals surface area (Å²) in [4.78, 5) is 12.0. The predicted octanol–water partition coefficient (Wildman–Crippen LogP) is 3.84. The van der Waals surface area contributed by atoms with E-state index in [0.717, 1.165) is 0 Å². The van der Waals surface area contributed by atoms with Crippen LogP contribution >= 0.6 is 11.6 Å². The first-order chi connectivity index (χ1) is 9.70. The Balaban J connectivity index is 1.81. The SMILES string of the molecule is CCC1CCCCC1NCC(=O)Nc1ccccc1Cl. The van der Waals surface area contributed by atoms with Gasteiger partial charge in [-0.05, 0) is 30.9 Å². The Morgan fingerprint density at radius 3 is 2.80 bits per heavy atom. The van der Waals surface area contributed by atoms with Gasteiger partial charge < -0.3 is 10.6 Å². The van der Waals surface area contributed by atoms with Crippen LogP contribution in [0.3, 0.4) is 0 Å². The topological polar surface area (TPSA) is 41.1 Å². The van der Waals surface area contributed by atoms with Crippen molar-refractivity contribution in [3.05, 3.63) is 29.3 Å². The molecule has 1 amide bonds. The molecular formula is C16H23ClN2O. The molecule has 0 heterocycles. The molecule has 1 aliphatic rings. The molecule has 1 saturated carbocycles. The second-order valence-electron chi connectivity index (χ2n) is 5.47. The number of hydrogen-bond acceptors (Lipinski definition) is 2. The summed E-state index contributed by atoms with van der Waals surface area (Å²) in [6.07, 6.45) is 6.23. The normalized spacial score (nSPS) is 22.5. The van der Waals surface area contributed by atoms with Crippen LogP contribution in [-0.4, -0.2) is 18.5 Å². The van der Waals surface area contributed by atoms with Gasteiger partial charge in [0.1, 0.15) is 0 Å². The van der Waals surface area contributed by atoms with Crippen LogP contribution in [-0.2, 0) is 4.79 Å². The van der Waals surface area contributed by atoms with Crippen LogP contribution in [0.15, 0.2) is 24.3 Å². The van der Waals surface area contributed by atoms with Gasteiger partial charge in [-0.1, -0.05) is 49.9 Å². The van der Waals surface area contributed by atoms with Crippen LogP contribution in [0, 0.1) is 5.92 Å². The zero-order valence-corrected chi connectivity index (χ0v) is 12.7. The van der Waals surface area contributed by atoms with Crippen LogP contribution in [0.1, 0.15) is 39.0 Å². The maximum absolute atomic E-state index is 12.0. The molecule has 0 bridgehead atoms. The molecule has 0 aliphatic heterocycles. The lowest BCUT2D eigenvalue weighted by Crippen LogP contribution is -2.42. The number of rotatable bonds is 5. The zero-order chi connectivity index (χ0) is 14.4. The Hall–Kier alpha value is -1.06. The monoisotopic (exact) mass is 294 g/mol. The number of amides is 1. The van der Waals surface area contributed by atoms with Crippen molar-refractivity contribution in [3.63, 3.8) is 0 Å². The highest BCUT2D eigenvalue weighted by Gasteiger charge is 2.23. The Bertz CT molecular complexity index is 450. The van der Waals surface area contributed by atoms with Crippen molar-refractivity contribution in [1.29, 1.82) is 0 Å². The summed E-state index contributed by atoms with van der Waals surface area (Å²) >= 11 is 6.03. The molecule has 0 aromatic heterocycles. The second-order valence-corrected chi connectivity index (χ2v) is 5.88. The van der Waals surface area contributed by atoms with E-state index < -0.39 is 0 Å². The van der Waals surface area contributed by atoms with Gasteiger partial charge in [-0.3, -0.25) is 4.79 Å². The fourth-order valence-electron chi connectivity index (χ4n) is 2.95. The molecule has 1 aromatic carbocycles. The van der Waals surface area contributed by atoms with Crippen molar-refractivity contribution in [2.45, 2.75) is 45.1 Å². The molecule has 0 saturated heterocycles. The predicted molar refractivity (Wildman–Crippen MR) is 84.1 cm³/mol. The number of benzene rings is 1. The minimum atomic E-state index is -0.0291. The summed E-state index contributed by atoms with van der Waals surface area (Å²) in [5.41, 5.74) is 0.677. The van der Waals surface area contributed by atoms with Crippen molar-refractivity contribution >= 4 is 23.2 Å². The summed E-state index contributed by atoms with van der Waals surface area (Å²) < 4.78 is 0. The van der Waals surface area contributed by atoms with E-state index in [-0.39, 0.29) is 5.91 Å². The van der Waals surface area contributed by atoms with Crippen LogP contribution in [0.4, 0.5) is 5.69 Å². The third-order valence-electron chi connectivity index (χ3n) is 4.11. The van der Waals surface area contributed by atoms with Crippen molar-refractivity contribution in [1.82, 2.24) is 5.32 Å². The number of anilines is 1. The minimum Gasteiger partial charge on any atom is -0.324 e. The first-order valence-electron chi connectivity index (χ1n) is 7.48. The van der Waals surface area contributed by atoms with E-state index in [2.05, 4.69) is 17.6 Å². The van der Waals surface area contributed by atoms with Crippen molar-refractivity contribution in [2.24, 2.45) is 5.92 Å². The lowest BCUT2D eigenvalue weighted by atomic mass is 9.83. The molecule has 3 nitrogen and oxygen atoms in total. The molecular weight excluding hydrogens is 272 g/mol. The van der Waals surface area contributed by atoms with E-state index in [1.54, 1.807) is 6.07 Å². The largest absolute Gasteiger partial charge is 0.324 e. The second kappa shape index (κ2) is 7.65. The van der Waals surface area contributed by atoms with Crippen molar-refractivity contribution < 1.29 is 4.79 Å². The summed E-state index contributed by atoms with van der Waals surface area (Å²) in [6, 6.07) is 7.78. The summed E-state index contributed by atoms with van der Waals surface area (Å²) in [7, 11) is 0. The van der Waals surface area contributed by atoms with Gasteiger partial charge in [0.25, 0.3) is 0 Å². The average Bonchev–Trinajstić information content (AvgIpc) is 2.48. The Labute approximate surface area is 126 Å². The van der Waals surface area contributed by atoms with Crippen molar-refractivity contribution in [2.75, 3.05) is 11.9 Å². The van der Waals surface area contributed by atoms with Gasteiger partial charge in [0.05, 0.1) is 17.3 Å². The molecule has 2 N–H and O–H groups in total. The van der Waals surface area contributed by atoms with Gasteiger partial charge in [0.2, 0.25) is 5.91 Å². The minimum absolute atomic E-state index is 0.0291. The molecule has 1 aromatic rings. The lowest BCUT2D eigenvalue weighted by Gasteiger charge is -2.31. The molecule has 4 heteroatoms. The van der Waals surface area contributed by atoms with E-state index in [9.17, 15) is 4.79 Å². The van der Waals surface area contributed by atoms with Gasteiger partial charge >= 0.3 is 0 Å². The zero-order valence-electron chi connectivity index (χ0n) is 12.0. The van der Waals surface area contributed by atoms with Gasteiger partial charge in [-0.25, -0.2) is 0 Å². The molecule has 0 spiro atoms. The van der Waals surface area contributed by atoms with E-state index >= 15 is 0 Å². The molecule has 2 rings (SSSR count). The van der Waals surface area contributed by atoms with E-state index in [1.165, 1.54) is 32.1 Å². The van der Waals surface area contributed by atoms with Gasteiger partial charge in [0.15, 0.2) is 0 Å². The molecule has 2 atom stereocenters. The highest BCUT2D eigenvalue weighted by molar-refractivity contribution is 6.33. The number of carbonyl (C=O) groups excluding carboxylic acids is 1. The highest BCUT2D eigenvalue weighted by atomic mass is 35.5. The van der Waals surface area contributed by atoms with E-state index in [1.807, 2.05) is 18.2 Å². The standard InChI is InChI=1S/C16H23ClN2O/c1-2-12-7-3-5-9-14(12)18-11-16(20)19-15-10-6-4-8-13(15)17/h4,6,8,10,12,14,18H,2-3,5,7,9,11H2,1H3,(H,19,20). The Morgan fingerprint density at radius 2 is 2.05 bits per heavy atom. The third kappa shape index (κ3) is 4.22. The van der Waals surface area contributed by atoms with Gasteiger partial charge in [-0.2, -0.15) is 0 Å². The smallest absolute Gasteiger partial charge is 0.238 e. The quantitative estimate of drug-likeness (QED) is 0.866. The average molecular weight is 295 g/mol. The number of nitrogens with one attached hydrogen (secondary N) is 2. The molecule has 110 valence electrons. The molecule has 1 fully saturated rings. The maximum Gasteiger partial charge on any atom is 0.238 e. The fraction of sp³-hybridized carbons (Fsp3) is 0.562. The first-order valence-corrected chi connectivity index (χ1v) is 7.86. The lowest BCUT2D eigenvalue weighted by molar-refractivity contribution is -0.115. The van der Waals surface area contributed by atoms with Crippen LogP contribution in [0.25, 0.3) is 0 Å². The third-order valence-corrected chi connectivity index (χ3v) is 4.44. The number of carbonyl (C=O) groups is 1. The van der Waals surface area contributed by atoms with E-state index in [0.29, 0.717) is 29.2 Å². The van der Waals surface area contributed by atoms with Crippen LogP contribution in [0.5, 0.6) is 0 Å². The number of hydrogen-bond donors (Lipinski definition) is 2. The Kier molecular flexibility index (Phi) is 5.86. The molecule has 0 radical (unpaired) electrons. The van der Waals surface area contributed by atoms with Gasteiger partial charge in [0, 0.05) is 6.04 Å². The fourth-order valence-corrected chi connectivity index (χ4v) is 3.13. The summed E-state index contributed by atoms with van der Waals surface area (Å²) in [5.74, 6) is 0.676. The molecule has 1 aliphatic carbocycles. The van der Waals surface area contributed by atoms with Crippen LogP contribution in [0.2, 0.25) is 5.02 Å². The van der Waals surface area contributed by atoms with Gasteiger partial charge in [-0.15, -0.1) is 0 Å².